The quantitative estimate of drug-likeness (QED) is 0.490. The number of carbonyl (C=O) groups is 1. The highest BCUT2D eigenvalue weighted by Crippen LogP contribution is 2.22. The summed E-state index contributed by atoms with van der Waals surface area (Å²) < 4.78 is 17.9. The molecule has 3 heteroatoms. The Morgan fingerprint density at radius 2 is 2.23 bits per heavy atom. The molecule has 0 amide bonds. The molecule has 0 saturated heterocycles. The Morgan fingerprint density at radius 3 is 2.62 bits per heavy atom. The summed E-state index contributed by atoms with van der Waals surface area (Å²) in [6.07, 6.45) is 1.88. The van der Waals surface area contributed by atoms with E-state index in [0.717, 1.165) is 6.08 Å². The van der Waals surface area contributed by atoms with Crippen LogP contribution in [-0.4, -0.2) is 11.8 Å². The SMILES string of the molecule is C=CC(=O)OC(C)(F)CCC(C)C. The first kappa shape index (κ1) is 12.1. The van der Waals surface area contributed by atoms with Crippen molar-refractivity contribution in [3.63, 3.8) is 0 Å². The van der Waals surface area contributed by atoms with Crippen LogP contribution >= 0.6 is 0 Å². The van der Waals surface area contributed by atoms with Crippen molar-refractivity contribution in [1.29, 1.82) is 0 Å². The van der Waals surface area contributed by atoms with Gasteiger partial charge in [0.2, 0.25) is 5.85 Å². The van der Waals surface area contributed by atoms with E-state index >= 15 is 0 Å². The first-order valence-corrected chi connectivity index (χ1v) is 4.41. The van der Waals surface area contributed by atoms with Crippen LogP contribution < -0.4 is 0 Å². The molecule has 1 unspecified atom stereocenters. The molecule has 0 aliphatic rings. The minimum atomic E-state index is -1.87. The van der Waals surface area contributed by atoms with Gasteiger partial charge in [0.15, 0.2) is 0 Å². The Labute approximate surface area is 78.8 Å². The molecule has 0 aliphatic carbocycles. The highest BCUT2D eigenvalue weighted by molar-refractivity contribution is 5.81. The van der Waals surface area contributed by atoms with Gasteiger partial charge in [-0.1, -0.05) is 20.4 Å². The fraction of sp³-hybridized carbons (Fsp3) is 0.700. The third-order valence-electron chi connectivity index (χ3n) is 1.65. The lowest BCUT2D eigenvalue weighted by molar-refractivity contribution is -0.173. The maximum Gasteiger partial charge on any atom is 0.332 e. The lowest BCUT2D eigenvalue weighted by Crippen LogP contribution is -2.25. The average Bonchev–Trinajstić information content (AvgIpc) is 2.00. The Bertz CT molecular complexity index is 185. The molecular weight excluding hydrogens is 171 g/mol. The Morgan fingerprint density at radius 1 is 1.69 bits per heavy atom. The summed E-state index contributed by atoms with van der Waals surface area (Å²) in [5, 5.41) is 0. The van der Waals surface area contributed by atoms with Crippen LogP contribution in [-0.2, 0) is 9.53 Å². The molecule has 0 aliphatic heterocycles. The maximum atomic E-state index is 13.4. The molecule has 13 heavy (non-hydrogen) atoms. The number of halogens is 1. The van der Waals surface area contributed by atoms with Gasteiger partial charge in [-0.15, -0.1) is 0 Å². The normalized spacial score (nSPS) is 15.2. The van der Waals surface area contributed by atoms with Crippen LogP contribution in [0.25, 0.3) is 0 Å². The predicted octanol–water partition coefficient (Wildman–Crippen LogP) is 2.84. The zero-order chi connectivity index (χ0) is 10.5. The van der Waals surface area contributed by atoms with Gasteiger partial charge in [-0.2, -0.15) is 4.39 Å². The largest absolute Gasteiger partial charge is 0.426 e. The molecule has 0 spiro atoms. The van der Waals surface area contributed by atoms with Gasteiger partial charge in [0.05, 0.1) is 0 Å². The Kier molecular flexibility index (Phi) is 4.67. The molecule has 0 saturated carbocycles. The van der Waals surface area contributed by atoms with Crippen LogP contribution in [0.5, 0.6) is 0 Å². The number of hydrogen-bond acceptors (Lipinski definition) is 2. The second kappa shape index (κ2) is 5.00. The summed E-state index contributed by atoms with van der Waals surface area (Å²) in [6, 6.07) is 0. The van der Waals surface area contributed by atoms with Crippen molar-refractivity contribution < 1.29 is 13.9 Å². The summed E-state index contributed by atoms with van der Waals surface area (Å²) in [5.74, 6) is -2.18. The standard InChI is InChI=1S/C10H17FO2/c1-5-9(12)13-10(4,11)7-6-8(2)3/h5,8H,1,6-7H2,2-4H3. The van der Waals surface area contributed by atoms with E-state index in [4.69, 9.17) is 0 Å². The molecule has 0 aromatic heterocycles. The van der Waals surface area contributed by atoms with E-state index in [9.17, 15) is 9.18 Å². The third-order valence-corrected chi connectivity index (χ3v) is 1.65. The topological polar surface area (TPSA) is 26.3 Å². The van der Waals surface area contributed by atoms with Gasteiger partial charge in [0.25, 0.3) is 0 Å². The molecule has 1 atom stereocenters. The molecule has 2 nitrogen and oxygen atoms in total. The van der Waals surface area contributed by atoms with Gasteiger partial charge in [-0.25, -0.2) is 4.79 Å². The van der Waals surface area contributed by atoms with Crippen LogP contribution in [0.2, 0.25) is 0 Å². The van der Waals surface area contributed by atoms with E-state index < -0.39 is 11.8 Å². The number of carbonyl (C=O) groups excluding carboxylic acids is 1. The molecule has 0 fully saturated rings. The molecule has 0 bridgehead atoms. The monoisotopic (exact) mass is 188 g/mol. The fourth-order valence-electron chi connectivity index (χ4n) is 0.849. The minimum absolute atomic E-state index is 0.226. The fourth-order valence-corrected chi connectivity index (χ4v) is 0.849. The molecule has 76 valence electrons. The van der Waals surface area contributed by atoms with Gasteiger partial charge in [0.1, 0.15) is 0 Å². The van der Waals surface area contributed by atoms with E-state index in [0.29, 0.717) is 12.3 Å². The molecule has 0 N–H and O–H groups in total. The Balaban J connectivity index is 3.92. The average molecular weight is 188 g/mol. The molecule has 0 aromatic rings. The second-order valence-electron chi connectivity index (χ2n) is 3.66. The number of rotatable bonds is 5. The minimum Gasteiger partial charge on any atom is -0.426 e. The molecule has 0 rings (SSSR count). The molecule has 0 aromatic carbocycles. The summed E-state index contributed by atoms with van der Waals surface area (Å²) in [7, 11) is 0. The van der Waals surface area contributed by atoms with Crippen LogP contribution in [0.3, 0.4) is 0 Å². The predicted molar refractivity (Wildman–Crippen MR) is 49.9 cm³/mol. The summed E-state index contributed by atoms with van der Waals surface area (Å²) in [4.78, 5) is 10.7. The molecule has 0 radical (unpaired) electrons. The van der Waals surface area contributed by atoms with Crippen molar-refractivity contribution in [1.82, 2.24) is 0 Å². The smallest absolute Gasteiger partial charge is 0.332 e. The van der Waals surface area contributed by atoms with Crippen molar-refractivity contribution in [3.05, 3.63) is 12.7 Å². The van der Waals surface area contributed by atoms with Gasteiger partial charge in [-0.05, 0) is 12.3 Å². The number of alkyl halides is 1. The van der Waals surface area contributed by atoms with E-state index in [-0.39, 0.29) is 6.42 Å². The van der Waals surface area contributed by atoms with E-state index in [1.807, 2.05) is 13.8 Å². The number of hydrogen-bond donors (Lipinski definition) is 0. The van der Waals surface area contributed by atoms with E-state index in [2.05, 4.69) is 11.3 Å². The highest BCUT2D eigenvalue weighted by Gasteiger charge is 2.26. The van der Waals surface area contributed by atoms with Crippen molar-refractivity contribution in [3.8, 4) is 0 Å². The summed E-state index contributed by atoms with van der Waals surface area (Å²) in [5.41, 5.74) is 0. The van der Waals surface area contributed by atoms with Gasteiger partial charge >= 0.3 is 5.97 Å². The first-order valence-electron chi connectivity index (χ1n) is 4.41. The second-order valence-corrected chi connectivity index (χ2v) is 3.66. The maximum absolute atomic E-state index is 13.4. The van der Waals surface area contributed by atoms with E-state index in [1.165, 1.54) is 6.92 Å². The lowest BCUT2D eigenvalue weighted by atomic mass is 10.0. The van der Waals surface area contributed by atoms with Crippen LogP contribution in [0, 0.1) is 5.92 Å². The van der Waals surface area contributed by atoms with Crippen molar-refractivity contribution in [2.75, 3.05) is 0 Å². The first-order chi connectivity index (χ1) is 5.87. The number of esters is 1. The van der Waals surface area contributed by atoms with Crippen LogP contribution in [0.15, 0.2) is 12.7 Å². The van der Waals surface area contributed by atoms with Crippen molar-refractivity contribution >= 4 is 5.97 Å². The zero-order valence-corrected chi connectivity index (χ0v) is 8.47. The van der Waals surface area contributed by atoms with Gasteiger partial charge in [-0.3, -0.25) is 0 Å². The van der Waals surface area contributed by atoms with Crippen LogP contribution in [0.4, 0.5) is 4.39 Å². The van der Waals surface area contributed by atoms with Crippen molar-refractivity contribution in [2.45, 2.75) is 39.5 Å². The molecular formula is C10H17FO2. The van der Waals surface area contributed by atoms with E-state index in [1.54, 1.807) is 0 Å². The van der Waals surface area contributed by atoms with Crippen molar-refractivity contribution in [2.24, 2.45) is 5.92 Å². The summed E-state index contributed by atoms with van der Waals surface area (Å²) >= 11 is 0. The Hall–Kier alpha value is -0.860. The highest BCUT2D eigenvalue weighted by atomic mass is 19.2. The van der Waals surface area contributed by atoms with Gasteiger partial charge in [0, 0.05) is 19.4 Å². The molecule has 0 heterocycles. The zero-order valence-electron chi connectivity index (χ0n) is 8.47. The summed E-state index contributed by atoms with van der Waals surface area (Å²) in [6.45, 7) is 8.44. The van der Waals surface area contributed by atoms with Crippen LogP contribution in [0.1, 0.15) is 33.6 Å². The van der Waals surface area contributed by atoms with Gasteiger partial charge < -0.3 is 4.74 Å². The third kappa shape index (κ3) is 6.31. The number of ether oxygens (including phenoxy) is 1. The lowest BCUT2D eigenvalue weighted by Gasteiger charge is -2.20.